The van der Waals surface area contributed by atoms with Crippen LogP contribution in [0.1, 0.15) is 53.9 Å². The average Bonchev–Trinajstić information content (AvgIpc) is 2.38. The molecule has 17 heavy (non-hydrogen) atoms. The molecule has 0 heterocycles. The Labute approximate surface area is 108 Å². The third-order valence-electron chi connectivity index (χ3n) is 4.05. The van der Waals surface area contributed by atoms with Crippen LogP contribution in [-0.4, -0.2) is 36.1 Å². The SMILES string of the molecule is C=CC(NCCC)C(CC)(CC)N(CC)CC. The van der Waals surface area contributed by atoms with E-state index in [9.17, 15) is 0 Å². The molecule has 0 bridgehead atoms. The zero-order valence-corrected chi connectivity index (χ0v) is 12.6. The lowest BCUT2D eigenvalue weighted by atomic mass is 9.82. The molecule has 0 aromatic heterocycles. The van der Waals surface area contributed by atoms with Crippen molar-refractivity contribution in [2.24, 2.45) is 0 Å². The van der Waals surface area contributed by atoms with E-state index in [1.165, 1.54) is 19.3 Å². The first kappa shape index (κ1) is 16.7. The van der Waals surface area contributed by atoms with Crippen LogP contribution in [0.4, 0.5) is 0 Å². The van der Waals surface area contributed by atoms with Crippen molar-refractivity contribution < 1.29 is 0 Å². The van der Waals surface area contributed by atoms with Crippen LogP contribution in [0, 0.1) is 0 Å². The Morgan fingerprint density at radius 3 is 1.94 bits per heavy atom. The molecule has 1 unspecified atom stereocenters. The zero-order chi connectivity index (χ0) is 13.3. The van der Waals surface area contributed by atoms with Gasteiger partial charge in [-0.2, -0.15) is 0 Å². The van der Waals surface area contributed by atoms with E-state index in [2.05, 4.69) is 57.5 Å². The molecule has 0 rings (SSSR count). The molecule has 0 saturated heterocycles. The van der Waals surface area contributed by atoms with Gasteiger partial charge in [0, 0.05) is 11.6 Å². The highest BCUT2D eigenvalue weighted by Crippen LogP contribution is 2.28. The number of nitrogens with zero attached hydrogens (tertiary/aromatic N) is 1. The van der Waals surface area contributed by atoms with Crippen molar-refractivity contribution in [1.82, 2.24) is 10.2 Å². The van der Waals surface area contributed by atoms with Gasteiger partial charge in [-0.05, 0) is 38.9 Å². The van der Waals surface area contributed by atoms with Crippen LogP contribution in [0.25, 0.3) is 0 Å². The van der Waals surface area contributed by atoms with Gasteiger partial charge in [0.15, 0.2) is 0 Å². The second-order valence-electron chi connectivity index (χ2n) is 4.65. The van der Waals surface area contributed by atoms with Gasteiger partial charge in [-0.15, -0.1) is 6.58 Å². The number of likely N-dealkylation sites (N-methyl/N-ethyl adjacent to an activating group) is 1. The van der Waals surface area contributed by atoms with Gasteiger partial charge in [0.1, 0.15) is 0 Å². The smallest absolute Gasteiger partial charge is 0.0433 e. The van der Waals surface area contributed by atoms with E-state index in [4.69, 9.17) is 0 Å². The summed E-state index contributed by atoms with van der Waals surface area (Å²) in [6, 6.07) is 0.386. The highest BCUT2D eigenvalue weighted by Gasteiger charge is 2.37. The van der Waals surface area contributed by atoms with E-state index in [-0.39, 0.29) is 5.54 Å². The fourth-order valence-electron chi connectivity index (χ4n) is 2.98. The van der Waals surface area contributed by atoms with E-state index < -0.39 is 0 Å². The summed E-state index contributed by atoms with van der Waals surface area (Å²) in [6.07, 6.45) is 5.60. The Kier molecular flexibility index (Phi) is 8.53. The van der Waals surface area contributed by atoms with E-state index in [0.29, 0.717) is 6.04 Å². The molecule has 0 aromatic rings. The molecule has 0 aromatic carbocycles. The highest BCUT2D eigenvalue weighted by molar-refractivity contribution is 5.06. The van der Waals surface area contributed by atoms with Crippen molar-refractivity contribution in [3.8, 4) is 0 Å². The molecule has 1 atom stereocenters. The third-order valence-corrected chi connectivity index (χ3v) is 4.05. The monoisotopic (exact) mass is 240 g/mol. The molecule has 0 amide bonds. The minimum absolute atomic E-state index is 0.223. The number of nitrogens with one attached hydrogen (secondary N) is 1. The van der Waals surface area contributed by atoms with Gasteiger partial charge in [0.05, 0.1) is 0 Å². The van der Waals surface area contributed by atoms with Crippen molar-refractivity contribution in [1.29, 1.82) is 0 Å². The van der Waals surface area contributed by atoms with Crippen molar-refractivity contribution in [2.75, 3.05) is 19.6 Å². The molecule has 0 radical (unpaired) electrons. The molecule has 0 aliphatic rings. The maximum Gasteiger partial charge on any atom is 0.0433 e. The molecule has 0 saturated carbocycles. The van der Waals surface area contributed by atoms with Gasteiger partial charge in [-0.1, -0.05) is 40.7 Å². The lowest BCUT2D eigenvalue weighted by molar-refractivity contribution is 0.0650. The largest absolute Gasteiger partial charge is 0.309 e. The lowest BCUT2D eigenvalue weighted by Crippen LogP contribution is -2.60. The van der Waals surface area contributed by atoms with E-state index in [1.807, 2.05) is 0 Å². The average molecular weight is 240 g/mol. The number of hydrogen-bond donors (Lipinski definition) is 1. The normalized spacial score (nSPS) is 14.0. The minimum atomic E-state index is 0.223. The van der Waals surface area contributed by atoms with Crippen LogP contribution in [0.15, 0.2) is 12.7 Å². The molecule has 0 spiro atoms. The summed E-state index contributed by atoms with van der Waals surface area (Å²) >= 11 is 0. The van der Waals surface area contributed by atoms with Crippen molar-refractivity contribution in [3.05, 3.63) is 12.7 Å². The van der Waals surface area contributed by atoms with Gasteiger partial charge in [0.25, 0.3) is 0 Å². The minimum Gasteiger partial charge on any atom is -0.309 e. The van der Waals surface area contributed by atoms with Gasteiger partial charge in [0.2, 0.25) is 0 Å². The molecule has 102 valence electrons. The van der Waals surface area contributed by atoms with Crippen LogP contribution in [0.5, 0.6) is 0 Å². The number of rotatable bonds is 10. The Bertz CT molecular complexity index is 193. The Balaban J connectivity index is 5.04. The summed E-state index contributed by atoms with van der Waals surface area (Å²) in [4.78, 5) is 2.59. The highest BCUT2D eigenvalue weighted by atomic mass is 15.2. The zero-order valence-electron chi connectivity index (χ0n) is 12.6. The Morgan fingerprint density at radius 2 is 1.65 bits per heavy atom. The summed E-state index contributed by atoms with van der Waals surface area (Å²) in [6.45, 7) is 18.6. The molecular formula is C15H32N2. The van der Waals surface area contributed by atoms with Crippen molar-refractivity contribution >= 4 is 0 Å². The molecule has 0 fully saturated rings. The molecule has 2 nitrogen and oxygen atoms in total. The van der Waals surface area contributed by atoms with Gasteiger partial charge in [-0.25, -0.2) is 0 Å². The van der Waals surface area contributed by atoms with Crippen LogP contribution in [-0.2, 0) is 0 Å². The molecule has 2 heteroatoms. The fourth-order valence-corrected chi connectivity index (χ4v) is 2.98. The van der Waals surface area contributed by atoms with Crippen LogP contribution in [0.2, 0.25) is 0 Å². The summed E-state index contributed by atoms with van der Waals surface area (Å²) in [7, 11) is 0. The van der Waals surface area contributed by atoms with Gasteiger partial charge in [-0.3, -0.25) is 4.90 Å². The summed E-state index contributed by atoms with van der Waals surface area (Å²) < 4.78 is 0. The van der Waals surface area contributed by atoms with E-state index in [1.54, 1.807) is 0 Å². The standard InChI is InChI=1S/C15H32N2/c1-7-13-16-14(8-2)15(9-3,10-4)17(11-5)12-6/h8,14,16H,2,7,9-13H2,1,3-6H3. The van der Waals surface area contributed by atoms with E-state index in [0.717, 1.165) is 19.6 Å². The Hall–Kier alpha value is -0.340. The molecular weight excluding hydrogens is 208 g/mol. The van der Waals surface area contributed by atoms with Gasteiger partial charge < -0.3 is 5.32 Å². The first-order valence-electron chi connectivity index (χ1n) is 7.27. The fraction of sp³-hybridized carbons (Fsp3) is 0.867. The summed E-state index contributed by atoms with van der Waals surface area (Å²) in [5, 5.41) is 3.65. The lowest BCUT2D eigenvalue weighted by Gasteiger charge is -2.47. The van der Waals surface area contributed by atoms with Gasteiger partial charge >= 0.3 is 0 Å². The number of hydrogen-bond acceptors (Lipinski definition) is 2. The predicted octanol–water partition coefficient (Wildman–Crippen LogP) is 3.44. The molecule has 0 aliphatic heterocycles. The molecule has 1 N–H and O–H groups in total. The quantitative estimate of drug-likeness (QED) is 0.588. The first-order chi connectivity index (χ1) is 8.16. The second-order valence-corrected chi connectivity index (χ2v) is 4.65. The van der Waals surface area contributed by atoms with Crippen LogP contribution >= 0.6 is 0 Å². The van der Waals surface area contributed by atoms with Crippen LogP contribution < -0.4 is 5.32 Å². The first-order valence-corrected chi connectivity index (χ1v) is 7.27. The van der Waals surface area contributed by atoms with Crippen molar-refractivity contribution in [3.63, 3.8) is 0 Å². The predicted molar refractivity (Wildman–Crippen MR) is 78.5 cm³/mol. The Morgan fingerprint density at radius 1 is 1.12 bits per heavy atom. The maximum absolute atomic E-state index is 4.04. The molecule has 0 aliphatic carbocycles. The van der Waals surface area contributed by atoms with Crippen LogP contribution in [0.3, 0.4) is 0 Å². The summed E-state index contributed by atoms with van der Waals surface area (Å²) in [5.74, 6) is 0. The van der Waals surface area contributed by atoms with Crippen molar-refractivity contribution in [2.45, 2.75) is 65.5 Å². The topological polar surface area (TPSA) is 15.3 Å². The van der Waals surface area contributed by atoms with E-state index >= 15 is 0 Å². The third kappa shape index (κ3) is 3.82. The second kappa shape index (κ2) is 8.71. The summed E-state index contributed by atoms with van der Waals surface area (Å²) in [5.41, 5.74) is 0.223. The maximum atomic E-state index is 4.04.